The Morgan fingerprint density at radius 2 is 1.76 bits per heavy atom. The highest BCUT2D eigenvalue weighted by molar-refractivity contribution is 5.87. The summed E-state index contributed by atoms with van der Waals surface area (Å²) < 4.78 is 0. The Bertz CT molecular complexity index is 674. The fraction of sp³-hybridized carbons (Fsp3) is 0.350. The number of hydrogen-bond donors (Lipinski definition) is 1. The lowest BCUT2D eigenvalue weighted by atomic mass is 10.1. The molecule has 2 aromatic rings. The zero-order valence-electron chi connectivity index (χ0n) is 14.8. The number of hydrogen-bond acceptors (Lipinski definition) is 3. The maximum Gasteiger partial charge on any atom is 0.242 e. The molecule has 0 fully saturated rings. The van der Waals surface area contributed by atoms with E-state index in [4.69, 9.17) is 0 Å². The van der Waals surface area contributed by atoms with Gasteiger partial charge in [0.15, 0.2) is 0 Å². The van der Waals surface area contributed by atoms with Crippen LogP contribution in [0.5, 0.6) is 0 Å². The minimum atomic E-state index is -0.527. The Kier molecular flexibility index (Phi) is 7.14. The molecule has 1 aromatic carbocycles. The highest BCUT2D eigenvalue weighted by Gasteiger charge is 2.25. The number of pyridine rings is 1. The number of carbonyl (C=O) groups is 2. The zero-order chi connectivity index (χ0) is 18.1. The largest absolute Gasteiger partial charge is 0.350 e. The highest BCUT2D eigenvalue weighted by atomic mass is 16.2. The maximum absolute atomic E-state index is 12.5. The number of aromatic nitrogens is 1. The number of nitrogens with zero attached hydrogens (tertiary/aromatic N) is 2. The molecule has 0 aliphatic heterocycles. The maximum atomic E-state index is 12.5. The number of amides is 2. The van der Waals surface area contributed by atoms with Crippen LogP contribution in [-0.2, 0) is 22.7 Å². The average molecular weight is 339 g/mol. The van der Waals surface area contributed by atoms with Crippen LogP contribution in [0.3, 0.4) is 0 Å². The third-order valence-electron chi connectivity index (χ3n) is 4.04. The predicted molar refractivity (Wildman–Crippen MR) is 97.4 cm³/mol. The highest BCUT2D eigenvalue weighted by Crippen LogP contribution is 2.12. The lowest BCUT2D eigenvalue weighted by molar-refractivity contribution is -0.140. The summed E-state index contributed by atoms with van der Waals surface area (Å²) in [4.78, 5) is 30.7. The van der Waals surface area contributed by atoms with E-state index in [0.717, 1.165) is 17.5 Å². The lowest BCUT2D eigenvalue weighted by Gasteiger charge is -2.28. The van der Waals surface area contributed by atoms with Crippen LogP contribution >= 0.6 is 0 Å². The van der Waals surface area contributed by atoms with E-state index >= 15 is 0 Å². The molecule has 0 saturated carbocycles. The Labute approximate surface area is 149 Å². The SMILES string of the molecule is CCCC(=O)N(Cc1ccccc1)[C@H](C)C(=O)NCc1ccncc1. The minimum absolute atomic E-state index is 0.00193. The van der Waals surface area contributed by atoms with Gasteiger partial charge in [-0.25, -0.2) is 0 Å². The summed E-state index contributed by atoms with van der Waals surface area (Å²) in [5, 5.41) is 2.90. The van der Waals surface area contributed by atoms with Gasteiger partial charge in [0.05, 0.1) is 0 Å². The Balaban J connectivity index is 2.04. The van der Waals surface area contributed by atoms with Crippen molar-refractivity contribution in [2.24, 2.45) is 0 Å². The molecule has 1 atom stereocenters. The Morgan fingerprint density at radius 3 is 2.40 bits per heavy atom. The summed E-state index contributed by atoms with van der Waals surface area (Å²) in [5.41, 5.74) is 1.99. The molecule has 0 bridgehead atoms. The van der Waals surface area contributed by atoms with Crippen LogP contribution < -0.4 is 5.32 Å². The van der Waals surface area contributed by atoms with Crippen LogP contribution in [0.15, 0.2) is 54.9 Å². The van der Waals surface area contributed by atoms with E-state index in [1.54, 1.807) is 24.2 Å². The molecule has 132 valence electrons. The Hall–Kier alpha value is -2.69. The second-order valence-electron chi connectivity index (χ2n) is 6.01. The number of rotatable bonds is 8. The van der Waals surface area contributed by atoms with Crippen LogP contribution in [0.2, 0.25) is 0 Å². The second-order valence-corrected chi connectivity index (χ2v) is 6.01. The first-order valence-electron chi connectivity index (χ1n) is 8.61. The summed E-state index contributed by atoms with van der Waals surface area (Å²) in [7, 11) is 0. The van der Waals surface area contributed by atoms with Gasteiger partial charge in [-0.3, -0.25) is 14.6 Å². The smallest absolute Gasteiger partial charge is 0.242 e. The number of benzene rings is 1. The molecular formula is C20H25N3O2. The van der Waals surface area contributed by atoms with Crippen molar-refractivity contribution in [3.05, 3.63) is 66.0 Å². The zero-order valence-corrected chi connectivity index (χ0v) is 14.8. The van der Waals surface area contributed by atoms with E-state index in [9.17, 15) is 9.59 Å². The molecule has 0 aliphatic rings. The van der Waals surface area contributed by atoms with Crippen molar-refractivity contribution in [1.82, 2.24) is 15.2 Å². The molecule has 2 amide bonds. The molecule has 25 heavy (non-hydrogen) atoms. The summed E-state index contributed by atoms with van der Waals surface area (Å²) >= 11 is 0. The molecule has 1 heterocycles. The first-order valence-corrected chi connectivity index (χ1v) is 8.61. The van der Waals surface area contributed by atoms with Gasteiger partial charge < -0.3 is 10.2 Å². The van der Waals surface area contributed by atoms with Crippen LogP contribution in [-0.4, -0.2) is 27.7 Å². The van der Waals surface area contributed by atoms with Crippen molar-refractivity contribution < 1.29 is 9.59 Å². The quantitative estimate of drug-likeness (QED) is 0.804. The molecule has 0 spiro atoms. The fourth-order valence-corrected chi connectivity index (χ4v) is 2.56. The molecule has 1 aromatic heterocycles. The minimum Gasteiger partial charge on any atom is -0.350 e. The first kappa shape index (κ1) is 18.6. The van der Waals surface area contributed by atoms with E-state index in [0.29, 0.717) is 19.5 Å². The van der Waals surface area contributed by atoms with E-state index < -0.39 is 6.04 Å². The van der Waals surface area contributed by atoms with Gasteiger partial charge in [-0.05, 0) is 36.6 Å². The number of nitrogens with one attached hydrogen (secondary N) is 1. The molecule has 2 rings (SSSR count). The molecule has 0 saturated heterocycles. The van der Waals surface area contributed by atoms with Crippen molar-refractivity contribution in [2.75, 3.05) is 0 Å². The van der Waals surface area contributed by atoms with E-state index in [1.807, 2.05) is 49.4 Å². The van der Waals surface area contributed by atoms with Gasteiger partial charge in [0.25, 0.3) is 0 Å². The van der Waals surface area contributed by atoms with E-state index in [-0.39, 0.29) is 11.8 Å². The molecule has 5 heteroatoms. The van der Waals surface area contributed by atoms with Crippen molar-refractivity contribution in [3.63, 3.8) is 0 Å². The topological polar surface area (TPSA) is 62.3 Å². The van der Waals surface area contributed by atoms with Crippen LogP contribution in [0, 0.1) is 0 Å². The van der Waals surface area contributed by atoms with Crippen molar-refractivity contribution in [3.8, 4) is 0 Å². The van der Waals surface area contributed by atoms with Crippen molar-refractivity contribution in [1.29, 1.82) is 0 Å². The third-order valence-corrected chi connectivity index (χ3v) is 4.04. The first-order chi connectivity index (χ1) is 12.1. The molecule has 5 nitrogen and oxygen atoms in total. The van der Waals surface area contributed by atoms with E-state index in [1.165, 1.54) is 0 Å². The summed E-state index contributed by atoms with van der Waals surface area (Å²) in [5.74, 6) is -0.157. The van der Waals surface area contributed by atoms with Crippen LogP contribution in [0.25, 0.3) is 0 Å². The van der Waals surface area contributed by atoms with Gasteiger partial charge in [0.2, 0.25) is 11.8 Å². The molecule has 0 radical (unpaired) electrons. The average Bonchev–Trinajstić information content (AvgIpc) is 2.65. The molecule has 0 unspecified atom stereocenters. The fourth-order valence-electron chi connectivity index (χ4n) is 2.56. The summed E-state index contributed by atoms with van der Waals surface area (Å²) in [6.07, 6.45) is 4.58. The molecular weight excluding hydrogens is 314 g/mol. The van der Waals surface area contributed by atoms with E-state index in [2.05, 4.69) is 10.3 Å². The molecule has 1 N–H and O–H groups in total. The van der Waals surface area contributed by atoms with Gasteiger partial charge in [-0.1, -0.05) is 37.3 Å². The lowest BCUT2D eigenvalue weighted by Crippen LogP contribution is -2.47. The van der Waals surface area contributed by atoms with Gasteiger partial charge in [0.1, 0.15) is 6.04 Å². The Morgan fingerprint density at radius 1 is 1.08 bits per heavy atom. The van der Waals surface area contributed by atoms with Gasteiger partial charge in [0, 0.05) is 31.9 Å². The standard InChI is InChI=1S/C20H25N3O2/c1-3-7-19(24)23(15-18-8-5-4-6-9-18)16(2)20(25)22-14-17-10-12-21-13-11-17/h4-6,8-13,16H,3,7,14-15H2,1-2H3,(H,22,25)/t16-/m1/s1. The normalized spacial score (nSPS) is 11.6. The third kappa shape index (κ3) is 5.71. The molecule has 0 aliphatic carbocycles. The second kappa shape index (κ2) is 9.57. The van der Waals surface area contributed by atoms with Gasteiger partial charge in [-0.15, -0.1) is 0 Å². The predicted octanol–water partition coefficient (Wildman–Crippen LogP) is 2.92. The monoisotopic (exact) mass is 339 g/mol. The summed E-state index contributed by atoms with van der Waals surface area (Å²) in [6, 6.07) is 12.9. The summed E-state index contributed by atoms with van der Waals surface area (Å²) in [6.45, 7) is 4.60. The number of carbonyl (C=O) groups excluding carboxylic acids is 2. The van der Waals surface area contributed by atoms with Crippen LogP contribution in [0.1, 0.15) is 37.8 Å². The van der Waals surface area contributed by atoms with Crippen molar-refractivity contribution in [2.45, 2.75) is 45.8 Å². The van der Waals surface area contributed by atoms with Gasteiger partial charge in [-0.2, -0.15) is 0 Å². The van der Waals surface area contributed by atoms with Crippen LogP contribution in [0.4, 0.5) is 0 Å². The van der Waals surface area contributed by atoms with Gasteiger partial charge >= 0.3 is 0 Å². The van der Waals surface area contributed by atoms with Crippen molar-refractivity contribution >= 4 is 11.8 Å².